The zero-order chi connectivity index (χ0) is 23.1. The summed E-state index contributed by atoms with van der Waals surface area (Å²) in [4.78, 5) is 15.1. The lowest BCUT2D eigenvalue weighted by Gasteiger charge is -2.35. The number of benzene rings is 1. The van der Waals surface area contributed by atoms with Gasteiger partial charge in [-0.05, 0) is 37.0 Å². The maximum absolute atomic E-state index is 13.4. The van der Waals surface area contributed by atoms with Crippen LogP contribution >= 0.6 is 7.52 Å². The van der Waals surface area contributed by atoms with Gasteiger partial charge < -0.3 is 30.3 Å². The molecular weight excluding hydrogens is 419 g/mol. The monoisotopic (exact) mass is 450 g/mol. The van der Waals surface area contributed by atoms with E-state index in [0.717, 1.165) is 0 Å². The van der Waals surface area contributed by atoms with E-state index in [0.29, 0.717) is 29.6 Å². The van der Waals surface area contributed by atoms with Gasteiger partial charge >= 0.3 is 7.52 Å². The molecule has 2 aliphatic heterocycles. The summed E-state index contributed by atoms with van der Waals surface area (Å²) in [5.41, 5.74) is 6.29. The third-order valence-electron chi connectivity index (χ3n) is 5.60. The largest absolute Gasteiger partial charge is 0.509 e. The average Bonchev–Trinajstić information content (AvgIpc) is 2.96. The van der Waals surface area contributed by atoms with Gasteiger partial charge in [-0.2, -0.15) is 4.76 Å². The first-order chi connectivity index (χ1) is 14.4. The number of nitrogen functional groups attached to an aromatic ring is 1. The van der Waals surface area contributed by atoms with Crippen molar-refractivity contribution in [2.45, 2.75) is 46.3 Å². The molecule has 31 heavy (non-hydrogen) atoms. The first-order valence-corrected chi connectivity index (χ1v) is 11.7. The standard InChI is InChI=1S/C21H31N4O5P/c1-12(29-5)9-10-25-18(21(2,3)4)17(26)16(20(25)27)19-23-14-8-7-13(22)11-15(14)31(28,24-19)30-6/h7-8,11-12,18,26H,9-10,22H2,1-6H3,(H,23,24,28). The first-order valence-electron chi connectivity index (χ1n) is 10.1. The fraction of sp³-hybridized carbons (Fsp3) is 0.524. The number of nitrogens with two attached hydrogens (primary N) is 1. The second kappa shape index (κ2) is 8.30. The third-order valence-corrected chi connectivity index (χ3v) is 7.53. The fourth-order valence-electron chi connectivity index (χ4n) is 3.90. The molecule has 0 saturated heterocycles. The molecule has 0 saturated carbocycles. The van der Waals surface area contributed by atoms with E-state index in [2.05, 4.69) is 10.1 Å². The van der Waals surface area contributed by atoms with Gasteiger partial charge in [-0.25, -0.2) is 0 Å². The molecule has 1 aromatic rings. The van der Waals surface area contributed by atoms with Gasteiger partial charge in [0.25, 0.3) is 5.91 Å². The second-order valence-corrected chi connectivity index (χ2v) is 11.0. The molecule has 3 unspecified atom stereocenters. The van der Waals surface area contributed by atoms with E-state index in [4.69, 9.17) is 15.0 Å². The molecule has 9 nitrogen and oxygen atoms in total. The van der Waals surface area contributed by atoms with Gasteiger partial charge in [-0.1, -0.05) is 20.8 Å². The van der Waals surface area contributed by atoms with Crippen molar-refractivity contribution in [2.75, 3.05) is 31.8 Å². The number of amides is 1. The predicted octanol–water partition coefficient (Wildman–Crippen LogP) is 3.05. The van der Waals surface area contributed by atoms with Crippen molar-refractivity contribution in [1.82, 2.24) is 4.90 Å². The quantitative estimate of drug-likeness (QED) is 0.449. The summed E-state index contributed by atoms with van der Waals surface area (Å²) < 4.78 is 28.2. The molecular formula is C21H31N4O5P. The SMILES string of the molecule is COC(C)CCN1C(=O)C(C2=NP(=O)(OC)c3cc(N)ccc3N2)=C(O)C1C(C)(C)C. The van der Waals surface area contributed by atoms with Crippen molar-refractivity contribution in [3.63, 3.8) is 0 Å². The van der Waals surface area contributed by atoms with E-state index < -0.39 is 19.0 Å². The predicted molar refractivity (Wildman–Crippen MR) is 122 cm³/mol. The van der Waals surface area contributed by atoms with E-state index in [1.165, 1.54) is 13.2 Å². The fourth-order valence-corrected chi connectivity index (χ4v) is 5.45. The molecule has 1 amide bonds. The Morgan fingerprint density at radius 2 is 2.03 bits per heavy atom. The average molecular weight is 450 g/mol. The van der Waals surface area contributed by atoms with Crippen LogP contribution in [-0.2, 0) is 18.6 Å². The van der Waals surface area contributed by atoms with E-state index in [1.807, 2.05) is 27.7 Å². The molecule has 3 rings (SSSR count). The van der Waals surface area contributed by atoms with Crippen LogP contribution in [0.2, 0.25) is 0 Å². The number of ether oxygens (including phenoxy) is 1. The van der Waals surface area contributed by atoms with Crippen LogP contribution in [0.3, 0.4) is 0 Å². The molecule has 3 atom stereocenters. The highest BCUT2D eigenvalue weighted by atomic mass is 31.2. The molecule has 170 valence electrons. The number of amidine groups is 1. The molecule has 10 heteroatoms. The number of nitrogens with zero attached hydrogens (tertiary/aromatic N) is 2. The van der Waals surface area contributed by atoms with Crippen LogP contribution in [0, 0.1) is 5.41 Å². The van der Waals surface area contributed by atoms with E-state index in [-0.39, 0.29) is 29.2 Å². The lowest BCUT2D eigenvalue weighted by molar-refractivity contribution is -0.128. The Balaban J connectivity index is 2.06. The Kier molecular flexibility index (Phi) is 6.24. The number of aliphatic hydroxyl groups excluding tert-OH is 1. The summed E-state index contributed by atoms with van der Waals surface area (Å²) in [7, 11) is -0.770. The summed E-state index contributed by atoms with van der Waals surface area (Å²) in [6.45, 7) is 8.16. The minimum Gasteiger partial charge on any atom is -0.509 e. The number of nitrogens with one attached hydrogen (secondary N) is 1. The number of anilines is 2. The van der Waals surface area contributed by atoms with Crippen molar-refractivity contribution >= 4 is 35.9 Å². The molecule has 4 N–H and O–H groups in total. The number of carbonyl (C=O) groups is 1. The van der Waals surface area contributed by atoms with Gasteiger partial charge in [0.1, 0.15) is 11.3 Å². The summed E-state index contributed by atoms with van der Waals surface area (Å²) in [5, 5.41) is 14.5. The number of methoxy groups -OCH3 is 1. The summed E-state index contributed by atoms with van der Waals surface area (Å²) >= 11 is 0. The lowest BCUT2D eigenvalue weighted by atomic mass is 9.85. The minimum atomic E-state index is -3.68. The molecule has 2 heterocycles. The molecule has 0 fully saturated rings. The van der Waals surface area contributed by atoms with Crippen LogP contribution in [0.4, 0.5) is 11.4 Å². The molecule has 2 aliphatic rings. The van der Waals surface area contributed by atoms with E-state index in [1.54, 1.807) is 24.1 Å². The van der Waals surface area contributed by atoms with Crippen molar-refractivity contribution in [1.29, 1.82) is 0 Å². The Bertz CT molecular complexity index is 998. The highest BCUT2D eigenvalue weighted by Crippen LogP contribution is 2.52. The Hall–Kier alpha value is -2.35. The third kappa shape index (κ3) is 4.22. The van der Waals surface area contributed by atoms with Gasteiger partial charge in [0.05, 0.1) is 23.1 Å². The summed E-state index contributed by atoms with van der Waals surface area (Å²) in [5.74, 6) is -0.453. The lowest BCUT2D eigenvalue weighted by Crippen LogP contribution is -2.45. The van der Waals surface area contributed by atoms with Crippen LogP contribution < -0.4 is 16.4 Å². The molecule has 0 radical (unpaired) electrons. The minimum absolute atomic E-state index is 0.00439. The van der Waals surface area contributed by atoms with Crippen molar-refractivity contribution < 1.29 is 23.7 Å². The first kappa shape index (κ1) is 23.3. The van der Waals surface area contributed by atoms with Crippen LogP contribution in [0.25, 0.3) is 0 Å². The Morgan fingerprint density at radius 1 is 1.35 bits per heavy atom. The highest BCUT2D eigenvalue weighted by Gasteiger charge is 2.48. The molecule has 1 aromatic carbocycles. The zero-order valence-electron chi connectivity index (χ0n) is 18.8. The van der Waals surface area contributed by atoms with E-state index in [9.17, 15) is 14.5 Å². The number of rotatable bonds is 6. The molecule has 0 bridgehead atoms. The van der Waals surface area contributed by atoms with Crippen molar-refractivity contribution in [3.05, 3.63) is 29.5 Å². The number of hydrogen-bond donors (Lipinski definition) is 3. The second-order valence-electron chi connectivity index (χ2n) is 8.92. The number of hydrogen-bond acceptors (Lipinski definition) is 7. The normalized spacial score (nSPS) is 24.7. The van der Waals surface area contributed by atoms with Crippen LogP contribution in [-0.4, -0.2) is 54.7 Å². The zero-order valence-corrected chi connectivity index (χ0v) is 19.7. The van der Waals surface area contributed by atoms with Gasteiger partial charge in [0, 0.05) is 26.5 Å². The van der Waals surface area contributed by atoms with Crippen LogP contribution in [0.15, 0.2) is 34.3 Å². The van der Waals surface area contributed by atoms with Gasteiger partial charge in [-0.15, -0.1) is 0 Å². The Morgan fingerprint density at radius 3 is 2.61 bits per heavy atom. The summed E-state index contributed by atoms with van der Waals surface area (Å²) in [6, 6.07) is 4.28. The molecule has 0 aliphatic carbocycles. The van der Waals surface area contributed by atoms with Gasteiger partial charge in [0.15, 0.2) is 5.84 Å². The number of carbonyl (C=O) groups excluding carboxylic acids is 1. The van der Waals surface area contributed by atoms with Gasteiger partial charge in [-0.3, -0.25) is 9.36 Å². The van der Waals surface area contributed by atoms with Gasteiger partial charge in [0.2, 0.25) is 0 Å². The van der Waals surface area contributed by atoms with Crippen LogP contribution in [0.1, 0.15) is 34.1 Å². The molecule has 0 aromatic heterocycles. The van der Waals surface area contributed by atoms with E-state index >= 15 is 0 Å². The Labute approximate surface area is 182 Å². The number of fused-ring (bicyclic) bond motifs is 1. The molecule has 0 spiro atoms. The maximum atomic E-state index is 13.4. The number of aliphatic hydroxyl groups is 1. The highest BCUT2D eigenvalue weighted by molar-refractivity contribution is 7.66. The topological polar surface area (TPSA) is 126 Å². The maximum Gasteiger partial charge on any atom is 0.348 e. The van der Waals surface area contributed by atoms with Crippen LogP contribution in [0.5, 0.6) is 0 Å². The smallest absolute Gasteiger partial charge is 0.348 e. The van der Waals surface area contributed by atoms with Crippen molar-refractivity contribution in [3.8, 4) is 0 Å². The van der Waals surface area contributed by atoms with Crippen molar-refractivity contribution in [2.24, 2.45) is 10.2 Å². The summed E-state index contributed by atoms with van der Waals surface area (Å²) in [6.07, 6.45) is 0.560.